The quantitative estimate of drug-likeness (QED) is 0.156. The number of carbonyl (C=O) groups excluding carboxylic acids is 5. The van der Waals surface area contributed by atoms with Gasteiger partial charge in [0.15, 0.2) is 5.78 Å². The minimum Gasteiger partial charge on any atom is -0.481 e. The van der Waals surface area contributed by atoms with E-state index in [0.29, 0.717) is 0 Å². The number of Topliss-reactive ketones (excluding diaryl/α,β-unsaturated/α-hetero) is 1. The zero-order valence-corrected chi connectivity index (χ0v) is 32.7. The Morgan fingerprint density at radius 2 is 1.10 bits per heavy atom. The Morgan fingerprint density at radius 1 is 0.673 bits per heavy atom. The molecule has 2 aromatic carbocycles. The van der Waals surface area contributed by atoms with Crippen LogP contribution < -0.4 is 11.1 Å². The highest BCUT2D eigenvalue weighted by molar-refractivity contribution is 5.90. The maximum Gasteiger partial charge on any atom is 0.408 e. The minimum absolute atomic E-state index is 0. The number of hydrogen-bond donors (Lipinski definition) is 3. The van der Waals surface area contributed by atoms with Crippen LogP contribution in [0.4, 0.5) is 4.79 Å². The van der Waals surface area contributed by atoms with Gasteiger partial charge in [-0.15, -0.1) is 12.4 Å². The van der Waals surface area contributed by atoms with Crippen molar-refractivity contribution < 1.29 is 52.8 Å². The Balaban J connectivity index is 0. The monoisotopic (exact) mass is 752 g/mol. The Labute approximate surface area is 313 Å². The van der Waals surface area contributed by atoms with Crippen molar-refractivity contribution in [3.05, 3.63) is 71.8 Å². The number of rotatable bonds is 13. The molecule has 0 aliphatic rings. The number of halogens is 1. The van der Waals surface area contributed by atoms with E-state index in [2.05, 4.69) is 5.32 Å². The molecule has 14 heteroatoms. The maximum absolute atomic E-state index is 12.2. The first kappa shape index (κ1) is 49.6. The van der Waals surface area contributed by atoms with Gasteiger partial charge in [0, 0.05) is 6.42 Å². The fourth-order valence-corrected chi connectivity index (χ4v) is 3.52. The second-order valence-electron chi connectivity index (χ2n) is 13.9. The molecule has 4 N–H and O–H groups in total. The molecule has 52 heavy (non-hydrogen) atoms. The Bertz CT molecular complexity index is 1390. The smallest absolute Gasteiger partial charge is 0.408 e. The summed E-state index contributed by atoms with van der Waals surface area (Å²) in [6, 6.07) is 17.2. The molecule has 0 bridgehead atoms. The molecule has 0 saturated carbocycles. The van der Waals surface area contributed by atoms with Gasteiger partial charge in [0.2, 0.25) is 0 Å². The number of ether oxygens (including phenoxy) is 4. The number of ketones is 1. The number of carbonyl (C=O) groups is 6. The Morgan fingerprint density at radius 3 is 1.48 bits per heavy atom. The fraction of sp³-hybridized carbons (Fsp3) is 0.526. The fourth-order valence-electron chi connectivity index (χ4n) is 3.52. The summed E-state index contributed by atoms with van der Waals surface area (Å²) in [6.45, 7) is 17.3. The Kier molecular flexibility index (Phi) is 23.5. The number of carboxylic acid groups (broad SMARTS) is 1. The van der Waals surface area contributed by atoms with Crippen molar-refractivity contribution in [1.29, 1.82) is 0 Å². The molecule has 4 atom stereocenters. The topological polar surface area (TPSA) is 198 Å². The lowest BCUT2D eigenvalue weighted by atomic mass is 10.0. The lowest BCUT2D eigenvalue weighted by molar-refractivity contribution is -0.160. The van der Waals surface area contributed by atoms with E-state index in [4.69, 9.17) is 29.8 Å². The van der Waals surface area contributed by atoms with Gasteiger partial charge in [-0.05, 0) is 66.5 Å². The van der Waals surface area contributed by atoms with Crippen molar-refractivity contribution in [2.45, 2.75) is 119 Å². The van der Waals surface area contributed by atoms with Crippen molar-refractivity contribution in [3.63, 3.8) is 0 Å². The minimum atomic E-state index is -0.989. The summed E-state index contributed by atoms with van der Waals surface area (Å²) < 4.78 is 20.2. The lowest BCUT2D eigenvalue weighted by Gasteiger charge is -2.22. The molecule has 0 heterocycles. The van der Waals surface area contributed by atoms with Crippen LogP contribution in [0.2, 0.25) is 0 Å². The van der Waals surface area contributed by atoms with E-state index >= 15 is 0 Å². The molecule has 0 aliphatic carbocycles. The van der Waals surface area contributed by atoms with Crippen LogP contribution in [0.25, 0.3) is 0 Å². The molecule has 0 saturated heterocycles. The molecule has 13 nitrogen and oxygen atoms in total. The molecule has 1 amide bonds. The molecule has 0 aliphatic heterocycles. The highest BCUT2D eigenvalue weighted by Crippen LogP contribution is 2.14. The summed E-state index contributed by atoms with van der Waals surface area (Å²) in [5.74, 6) is -3.79. The van der Waals surface area contributed by atoms with Crippen molar-refractivity contribution in [2.75, 3.05) is 0 Å². The van der Waals surface area contributed by atoms with Gasteiger partial charge in [-0.3, -0.25) is 24.0 Å². The molecule has 0 aromatic heterocycles. The first-order valence-corrected chi connectivity index (χ1v) is 16.6. The predicted octanol–water partition coefficient (Wildman–Crippen LogP) is 6.18. The van der Waals surface area contributed by atoms with Crippen LogP contribution in [0, 0.1) is 11.8 Å². The number of aliphatic carboxylic acids is 1. The van der Waals surface area contributed by atoms with E-state index in [9.17, 15) is 28.8 Å². The molecule has 292 valence electrons. The number of hydrogen-bond acceptors (Lipinski definition) is 11. The first-order chi connectivity index (χ1) is 23.5. The third-order valence-electron chi connectivity index (χ3n) is 6.26. The summed E-state index contributed by atoms with van der Waals surface area (Å²) in [6.07, 6.45) is -0.772. The number of nitrogens with one attached hydrogen (secondary N) is 1. The van der Waals surface area contributed by atoms with E-state index < -0.39 is 59.1 Å². The second-order valence-corrected chi connectivity index (χ2v) is 13.9. The SMILES string of the molecule is C[C@H](CC(=O)OCc1ccccc1)C(=O)O.C[C@H](CC(=O)[C@H](C)NC(=O)OCc1ccccc1)C(=O)OC(C)(C)C.C[C@H](N)C(=O)OC(C)(C)C.Cl. The van der Waals surface area contributed by atoms with Gasteiger partial charge in [0.25, 0.3) is 0 Å². The van der Waals surface area contributed by atoms with Crippen molar-refractivity contribution >= 4 is 48.2 Å². The van der Waals surface area contributed by atoms with Crippen LogP contribution in [0.15, 0.2) is 60.7 Å². The van der Waals surface area contributed by atoms with Gasteiger partial charge in [-0.25, -0.2) is 4.79 Å². The van der Waals surface area contributed by atoms with Crippen molar-refractivity contribution in [3.8, 4) is 0 Å². The summed E-state index contributed by atoms with van der Waals surface area (Å²) in [5, 5.41) is 11.1. The van der Waals surface area contributed by atoms with E-state index in [1.54, 1.807) is 41.5 Å². The molecule has 0 unspecified atom stereocenters. The number of esters is 3. The molecular formula is C38H57ClN2O11. The number of benzene rings is 2. The highest BCUT2D eigenvalue weighted by atomic mass is 35.5. The number of alkyl carbamates (subject to hydrolysis) is 1. The average molecular weight is 753 g/mol. The van der Waals surface area contributed by atoms with Crippen LogP contribution in [0.1, 0.15) is 93.2 Å². The van der Waals surface area contributed by atoms with Gasteiger partial charge in [-0.2, -0.15) is 0 Å². The van der Waals surface area contributed by atoms with E-state index in [0.717, 1.165) is 11.1 Å². The largest absolute Gasteiger partial charge is 0.481 e. The van der Waals surface area contributed by atoms with Crippen molar-refractivity contribution in [1.82, 2.24) is 5.32 Å². The molecule has 0 spiro atoms. The third kappa shape index (κ3) is 25.5. The van der Waals surface area contributed by atoms with Gasteiger partial charge >= 0.3 is 30.0 Å². The van der Waals surface area contributed by atoms with E-state index in [1.165, 1.54) is 6.92 Å². The van der Waals surface area contributed by atoms with Crippen LogP contribution >= 0.6 is 12.4 Å². The summed E-state index contributed by atoms with van der Waals surface area (Å²) >= 11 is 0. The van der Waals surface area contributed by atoms with Gasteiger partial charge in [0.1, 0.15) is 30.5 Å². The lowest BCUT2D eigenvalue weighted by Crippen LogP contribution is -2.40. The van der Waals surface area contributed by atoms with Crippen LogP contribution in [-0.2, 0) is 56.1 Å². The highest BCUT2D eigenvalue weighted by Gasteiger charge is 2.26. The van der Waals surface area contributed by atoms with Gasteiger partial charge in [0.05, 0.1) is 24.3 Å². The van der Waals surface area contributed by atoms with Crippen molar-refractivity contribution in [2.24, 2.45) is 17.6 Å². The summed E-state index contributed by atoms with van der Waals surface area (Å²) in [4.78, 5) is 68.4. The third-order valence-corrected chi connectivity index (χ3v) is 6.26. The molecule has 2 rings (SSSR count). The number of carboxylic acids is 1. The average Bonchev–Trinajstić information content (AvgIpc) is 3.02. The predicted molar refractivity (Wildman–Crippen MR) is 198 cm³/mol. The molecule has 0 fully saturated rings. The molecular weight excluding hydrogens is 696 g/mol. The maximum atomic E-state index is 12.2. The summed E-state index contributed by atoms with van der Waals surface area (Å²) in [5.41, 5.74) is 5.99. The standard InChI is InChI=1S/C19H27NO5.C12H14O4.C7H15NO2.ClH/c1-13(17(22)25-19(3,4)5)11-16(21)14(2)20-18(23)24-12-15-9-7-6-8-10-15;1-9(12(14)15)7-11(13)16-8-10-5-3-2-4-6-10;1-5(8)6(9)10-7(2,3)4;/h6-10,13-14H,11-12H2,1-5H3,(H,20,23);2-6,9H,7-8H2,1H3,(H,14,15);5H,8H2,1-4H3;1H/t13-,14+;9-;5-;/m110./s1. The van der Waals surface area contributed by atoms with Crippen LogP contribution in [0.5, 0.6) is 0 Å². The van der Waals surface area contributed by atoms with E-state index in [1.807, 2.05) is 81.4 Å². The normalized spacial score (nSPS) is 12.9. The summed E-state index contributed by atoms with van der Waals surface area (Å²) in [7, 11) is 0. The zero-order chi connectivity index (χ0) is 39.4. The Hall–Kier alpha value is -4.49. The molecule has 0 radical (unpaired) electrons. The number of nitrogens with two attached hydrogens (primary N) is 1. The first-order valence-electron chi connectivity index (χ1n) is 16.6. The molecule has 2 aromatic rings. The number of amides is 1. The zero-order valence-electron chi connectivity index (χ0n) is 31.9. The van der Waals surface area contributed by atoms with E-state index in [-0.39, 0.29) is 50.2 Å². The van der Waals surface area contributed by atoms with Crippen LogP contribution in [-0.4, -0.2) is 64.1 Å². The van der Waals surface area contributed by atoms with Gasteiger partial charge in [-0.1, -0.05) is 74.5 Å². The van der Waals surface area contributed by atoms with Crippen LogP contribution in [0.3, 0.4) is 0 Å². The second kappa shape index (κ2) is 24.7. The van der Waals surface area contributed by atoms with Gasteiger partial charge < -0.3 is 35.1 Å².